The minimum absolute atomic E-state index is 0.0689. The Morgan fingerprint density at radius 2 is 1.87 bits per heavy atom. The first-order valence-electron chi connectivity index (χ1n) is 10.8. The fourth-order valence-corrected chi connectivity index (χ4v) is 4.48. The van der Waals surface area contributed by atoms with Crippen LogP contribution in [0.4, 0.5) is 0 Å². The molecule has 1 N–H and O–H groups in total. The average Bonchev–Trinajstić information content (AvgIpc) is 3.11. The van der Waals surface area contributed by atoms with E-state index in [9.17, 15) is 9.59 Å². The van der Waals surface area contributed by atoms with Gasteiger partial charge in [-0.15, -0.1) is 0 Å². The number of nitrogens with one attached hydrogen (secondary N) is 1. The van der Waals surface area contributed by atoms with Gasteiger partial charge in [0.15, 0.2) is 0 Å². The lowest BCUT2D eigenvalue weighted by Gasteiger charge is -2.11. The van der Waals surface area contributed by atoms with E-state index < -0.39 is 0 Å². The number of ether oxygens (including phenoxy) is 1. The molecule has 1 amide bonds. The molecule has 0 unspecified atom stereocenters. The van der Waals surface area contributed by atoms with Crippen LogP contribution >= 0.6 is 0 Å². The molecule has 0 aliphatic heterocycles. The molecule has 0 spiro atoms. The van der Waals surface area contributed by atoms with E-state index in [1.54, 1.807) is 7.11 Å². The van der Waals surface area contributed by atoms with E-state index in [2.05, 4.69) is 11.4 Å². The van der Waals surface area contributed by atoms with Crippen LogP contribution in [-0.2, 0) is 28.8 Å². The van der Waals surface area contributed by atoms with E-state index in [1.165, 1.54) is 12.0 Å². The van der Waals surface area contributed by atoms with Crippen molar-refractivity contribution < 1.29 is 18.4 Å². The van der Waals surface area contributed by atoms with Gasteiger partial charge in [0.25, 0.3) is 0 Å². The summed E-state index contributed by atoms with van der Waals surface area (Å²) in [4.78, 5) is 24.8. The molecular weight excluding hydrogens is 382 g/mol. The Hall–Kier alpha value is -2.60. The summed E-state index contributed by atoms with van der Waals surface area (Å²) in [6.07, 6.45) is 5.70. The molecule has 3 aromatic rings. The highest BCUT2D eigenvalue weighted by atomic mass is 16.5. The van der Waals surface area contributed by atoms with E-state index in [0.717, 1.165) is 58.9 Å². The standard InChI is InChI=1S/C24H29NO5/c1-14-16(9-10-21(26)25-11-6-12-28-3)24(27)30-22-15(2)23-19(13-18(14)22)17-7-4-5-8-20(17)29-23/h13H,4-12H2,1-3H3,(H,25,26). The number of carbonyl (C=O) groups excluding carboxylic acids is 1. The van der Waals surface area contributed by atoms with Gasteiger partial charge in [-0.25, -0.2) is 4.79 Å². The van der Waals surface area contributed by atoms with Gasteiger partial charge in [0, 0.05) is 60.6 Å². The molecule has 1 aromatic carbocycles. The van der Waals surface area contributed by atoms with Crippen molar-refractivity contribution in [1.29, 1.82) is 0 Å². The number of furan rings is 1. The molecule has 1 aliphatic carbocycles. The van der Waals surface area contributed by atoms with Gasteiger partial charge >= 0.3 is 5.63 Å². The SMILES string of the molecule is COCCCNC(=O)CCc1c(C)c2cc3c4c(oc3c(C)c2oc1=O)CCCC4. The van der Waals surface area contributed by atoms with Gasteiger partial charge in [-0.1, -0.05) is 0 Å². The molecule has 6 heteroatoms. The number of hydrogen-bond acceptors (Lipinski definition) is 5. The Morgan fingerprint density at radius 3 is 2.67 bits per heavy atom. The number of fused-ring (bicyclic) bond motifs is 4. The molecule has 0 atom stereocenters. The Balaban J connectivity index is 1.66. The molecule has 160 valence electrons. The van der Waals surface area contributed by atoms with Crippen molar-refractivity contribution >= 4 is 27.8 Å². The lowest BCUT2D eigenvalue weighted by Crippen LogP contribution is -2.26. The summed E-state index contributed by atoms with van der Waals surface area (Å²) in [5.74, 6) is 1.00. The third-order valence-electron chi connectivity index (χ3n) is 6.17. The minimum Gasteiger partial charge on any atom is -0.460 e. The molecule has 2 heterocycles. The number of carbonyl (C=O) groups is 1. The summed E-state index contributed by atoms with van der Waals surface area (Å²) in [5, 5.41) is 4.93. The molecule has 6 nitrogen and oxygen atoms in total. The lowest BCUT2D eigenvalue weighted by molar-refractivity contribution is -0.121. The van der Waals surface area contributed by atoms with Crippen LogP contribution in [0.3, 0.4) is 0 Å². The van der Waals surface area contributed by atoms with Crippen molar-refractivity contribution in [3.8, 4) is 0 Å². The number of benzene rings is 1. The summed E-state index contributed by atoms with van der Waals surface area (Å²) in [7, 11) is 1.64. The predicted octanol–water partition coefficient (Wildman–Crippen LogP) is 4.12. The van der Waals surface area contributed by atoms with Crippen molar-refractivity contribution in [3.05, 3.63) is 44.5 Å². The van der Waals surface area contributed by atoms with Crippen LogP contribution in [0.1, 0.15) is 53.7 Å². The molecule has 0 saturated carbocycles. The highest BCUT2D eigenvalue weighted by Crippen LogP contribution is 2.37. The molecule has 30 heavy (non-hydrogen) atoms. The van der Waals surface area contributed by atoms with Gasteiger partial charge in [0.05, 0.1) is 0 Å². The Labute approximate surface area is 175 Å². The fraction of sp³-hybridized carbons (Fsp3) is 0.500. The maximum Gasteiger partial charge on any atom is 0.339 e. The first kappa shape index (κ1) is 20.7. The maximum absolute atomic E-state index is 12.7. The van der Waals surface area contributed by atoms with Crippen LogP contribution in [0.5, 0.6) is 0 Å². The summed E-state index contributed by atoms with van der Waals surface area (Å²) >= 11 is 0. The van der Waals surface area contributed by atoms with Crippen LogP contribution in [-0.4, -0.2) is 26.2 Å². The number of methoxy groups -OCH3 is 1. The maximum atomic E-state index is 12.7. The zero-order valence-corrected chi connectivity index (χ0v) is 18.0. The molecule has 0 saturated heterocycles. The van der Waals surface area contributed by atoms with Crippen molar-refractivity contribution in [2.75, 3.05) is 20.3 Å². The first-order valence-corrected chi connectivity index (χ1v) is 10.8. The van der Waals surface area contributed by atoms with Crippen LogP contribution < -0.4 is 10.9 Å². The van der Waals surface area contributed by atoms with Gasteiger partial charge < -0.3 is 18.9 Å². The third kappa shape index (κ3) is 3.76. The van der Waals surface area contributed by atoms with Gasteiger partial charge in [0.1, 0.15) is 16.9 Å². The van der Waals surface area contributed by atoms with Gasteiger partial charge in [-0.05, 0) is 57.6 Å². The largest absolute Gasteiger partial charge is 0.460 e. The topological polar surface area (TPSA) is 81.7 Å². The van der Waals surface area contributed by atoms with Gasteiger partial charge in [0.2, 0.25) is 5.91 Å². The van der Waals surface area contributed by atoms with Gasteiger partial charge in [-0.2, -0.15) is 0 Å². The Morgan fingerprint density at radius 1 is 1.10 bits per heavy atom. The molecule has 4 rings (SSSR count). The Kier molecular flexibility index (Phi) is 5.95. The van der Waals surface area contributed by atoms with E-state index in [0.29, 0.717) is 30.7 Å². The third-order valence-corrected chi connectivity index (χ3v) is 6.17. The van der Waals surface area contributed by atoms with E-state index in [-0.39, 0.29) is 18.0 Å². The van der Waals surface area contributed by atoms with Crippen LogP contribution in [0, 0.1) is 13.8 Å². The quantitative estimate of drug-likeness (QED) is 0.467. The number of rotatable bonds is 7. The van der Waals surface area contributed by atoms with Crippen molar-refractivity contribution in [2.24, 2.45) is 0 Å². The molecule has 0 radical (unpaired) electrons. The van der Waals surface area contributed by atoms with Crippen LogP contribution in [0.2, 0.25) is 0 Å². The molecular formula is C24H29NO5. The normalized spacial score (nSPS) is 13.7. The zero-order valence-electron chi connectivity index (χ0n) is 18.0. The summed E-state index contributed by atoms with van der Waals surface area (Å²) in [6.45, 7) is 5.08. The van der Waals surface area contributed by atoms with E-state index in [1.807, 2.05) is 13.8 Å². The Bertz CT molecular complexity index is 1150. The second-order valence-corrected chi connectivity index (χ2v) is 8.16. The summed E-state index contributed by atoms with van der Waals surface area (Å²) < 4.78 is 16.9. The molecule has 1 aliphatic rings. The van der Waals surface area contributed by atoms with Crippen molar-refractivity contribution in [1.82, 2.24) is 5.32 Å². The van der Waals surface area contributed by atoms with Crippen LogP contribution in [0.15, 0.2) is 19.7 Å². The second-order valence-electron chi connectivity index (χ2n) is 8.16. The highest BCUT2D eigenvalue weighted by Gasteiger charge is 2.23. The molecule has 2 aromatic heterocycles. The highest BCUT2D eigenvalue weighted by molar-refractivity contribution is 6.00. The zero-order chi connectivity index (χ0) is 21.3. The van der Waals surface area contributed by atoms with E-state index >= 15 is 0 Å². The van der Waals surface area contributed by atoms with Crippen molar-refractivity contribution in [3.63, 3.8) is 0 Å². The lowest BCUT2D eigenvalue weighted by atomic mass is 9.93. The van der Waals surface area contributed by atoms with Crippen LogP contribution in [0.25, 0.3) is 21.9 Å². The average molecular weight is 411 g/mol. The monoisotopic (exact) mass is 411 g/mol. The van der Waals surface area contributed by atoms with E-state index in [4.69, 9.17) is 13.6 Å². The second kappa shape index (κ2) is 8.64. The number of hydrogen-bond donors (Lipinski definition) is 1. The fourth-order valence-electron chi connectivity index (χ4n) is 4.48. The minimum atomic E-state index is -0.369. The summed E-state index contributed by atoms with van der Waals surface area (Å²) in [6, 6.07) is 2.11. The number of amides is 1. The predicted molar refractivity (Wildman–Crippen MR) is 116 cm³/mol. The smallest absolute Gasteiger partial charge is 0.339 e. The van der Waals surface area contributed by atoms with Crippen molar-refractivity contribution in [2.45, 2.75) is 58.8 Å². The molecule has 0 fully saturated rings. The number of aryl methyl sites for hydroxylation is 4. The summed E-state index contributed by atoms with van der Waals surface area (Å²) in [5.41, 5.74) is 4.69. The van der Waals surface area contributed by atoms with Gasteiger partial charge in [-0.3, -0.25) is 4.79 Å². The first-order chi connectivity index (χ1) is 14.5. The molecule has 0 bridgehead atoms.